The molecule has 1 amide bonds. The SMILES string of the molecule is C1CCC(C2CCCCC2)CC1.C[C@H](CSC(=O)c1ccccc1)C(=O)N1C[C@@H](Sc2ccccc2)C[C@H]1C(=O)O.N. The zero-order valence-electron chi connectivity index (χ0n) is 25.0. The average molecular weight is 613 g/mol. The van der Waals surface area contributed by atoms with E-state index in [0.717, 1.165) is 28.5 Å². The van der Waals surface area contributed by atoms with E-state index >= 15 is 0 Å². The van der Waals surface area contributed by atoms with Crippen molar-refractivity contribution in [1.29, 1.82) is 0 Å². The van der Waals surface area contributed by atoms with Crippen LogP contribution in [0.25, 0.3) is 0 Å². The number of carboxylic acid groups (broad SMARTS) is 1. The van der Waals surface area contributed by atoms with Gasteiger partial charge < -0.3 is 16.2 Å². The fourth-order valence-electron chi connectivity index (χ4n) is 6.48. The number of carboxylic acids is 1. The number of carbonyl (C=O) groups excluding carboxylic acids is 2. The number of amides is 1. The van der Waals surface area contributed by atoms with Crippen molar-refractivity contribution in [3.8, 4) is 0 Å². The van der Waals surface area contributed by atoms with Gasteiger partial charge in [0.15, 0.2) is 0 Å². The predicted octanol–water partition coefficient (Wildman–Crippen LogP) is 8.35. The number of likely N-dealkylation sites (tertiary alicyclic amines) is 1. The van der Waals surface area contributed by atoms with Crippen molar-refractivity contribution in [2.45, 2.75) is 93.7 Å². The maximum atomic E-state index is 12.9. The van der Waals surface area contributed by atoms with E-state index in [0.29, 0.717) is 24.3 Å². The zero-order chi connectivity index (χ0) is 29.0. The Hall–Kier alpha value is -2.29. The molecule has 5 rings (SSSR count). The molecule has 4 N–H and O–H groups in total. The lowest BCUT2D eigenvalue weighted by Crippen LogP contribution is -2.43. The Labute approximate surface area is 260 Å². The first-order valence-corrected chi connectivity index (χ1v) is 17.3. The van der Waals surface area contributed by atoms with Gasteiger partial charge in [0.2, 0.25) is 11.0 Å². The van der Waals surface area contributed by atoms with Crippen LogP contribution >= 0.6 is 23.5 Å². The number of hydrogen-bond donors (Lipinski definition) is 2. The Bertz CT molecular complexity index is 1090. The van der Waals surface area contributed by atoms with Gasteiger partial charge in [-0.1, -0.05) is 131 Å². The number of nitrogens with zero attached hydrogens (tertiary/aromatic N) is 1. The molecule has 0 bridgehead atoms. The largest absolute Gasteiger partial charge is 0.480 e. The summed E-state index contributed by atoms with van der Waals surface area (Å²) in [5.41, 5.74) is 0.598. The second-order valence-electron chi connectivity index (χ2n) is 11.8. The first-order valence-electron chi connectivity index (χ1n) is 15.4. The summed E-state index contributed by atoms with van der Waals surface area (Å²) in [4.78, 5) is 39.5. The highest BCUT2D eigenvalue weighted by Crippen LogP contribution is 2.38. The monoisotopic (exact) mass is 612 g/mol. The molecule has 0 aromatic heterocycles. The number of aliphatic carboxylic acids is 1. The first-order chi connectivity index (χ1) is 19.9. The van der Waals surface area contributed by atoms with Gasteiger partial charge in [-0.2, -0.15) is 0 Å². The molecule has 2 aliphatic carbocycles. The minimum absolute atomic E-state index is 0. The quantitative estimate of drug-likeness (QED) is 0.308. The van der Waals surface area contributed by atoms with Gasteiger partial charge in [-0.15, -0.1) is 11.8 Å². The van der Waals surface area contributed by atoms with Crippen LogP contribution in [0.2, 0.25) is 0 Å². The van der Waals surface area contributed by atoms with Crippen LogP contribution in [0.4, 0.5) is 0 Å². The summed E-state index contributed by atoms with van der Waals surface area (Å²) in [7, 11) is 0. The van der Waals surface area contributed by atoms with Crippen molar-refractivity contribution in [2.75, 3.05) is 12.3 Å². The number of rotatable bonds is 8. The van der Waals surface area contributed by atoms with Crippen LogP contribution < -0.4 is 6.15 Å². The Balaban J connectivity index is 0.000000310. The molecule has 1 aliphatic heterocycles. The molecule has 2 saturated carbocycles. The van der Waals surface area contributed by atoms with Gasteiger partial charge in [-0.05, 0) is 30.4 Å². The van der Waals surface area contributed by atoms with Crippen molar-refractivity contribution in [2.24, 2.45) is 17.8 Å². The van der Waals surface area contributed by atoms with Gasteiger partial charge in [-0.25, -0.2) is 4.79 Å². The standard InChI is InChI=1S/C22H23NO4S2.C12H22.H3N/c1-15(14-28-22(27)16-8-4-2-5-9-16)20(24)23-13-18(12-19(23)21(25)26)29-17-10-6-3-7-11-17;1-3-7-11(8-4-1)12-9-5-2-6-10-12;/h2-11,15,18-19H,12-14H2,1H3,(H,25,26);11-12H,1-10H2;1H3/t15-,18+,19+;;/m1../s1. The van der Waals surface area contributed by atoms with Crippen molar-refractivity contribution in [3.63, 3.8) is 0 Å². The average Bonchev–Trinajstić information content (AvgIpc) is 3.45. The van der Waals surface area contributed by atoms with E-state index in [9.17, 15) is 19.5 Å². The number of carbonyl (C=O) groups is 3. The Morgan fingerprint density at radius 1 is 0.833 bits per heavy atom. The smallest absolute Gasteiger partial charge is 0.326 e. The predicted molar refractivity (Wildman–Crippen MR) is 174 cm³/mol. The van der Waals surface area contributed by atoms with Gasteiger partial charge in [-0.3, -0.25) is 9.59 Å². The normalized spacial score (nSPS) is 21.9. The third kappa shape index (κ3) is 10.2. The van der Waals surface area contributed by atoms with Gasteiger partial charge in [0.05, 0.1) is 0 Å². The fourth-order valence-corrected chi connectivity index (χ4v) is 8.54. The Kier molecular flexibility index (Phi) is 14.4. The summed E-state index contributed by atoms with van der Waals surface area (Å²) >= 11 is 2.70. The molecule has 2 aromatic carbocycles. The molecule has 0 unspecified atom stereocenters. The molecule has 1 saturated heterocycles. The fraction of sp³-hybridized carbons (Fsp3) is 0.559. The molecule has 230 valence electrons. The maximum absolute atomic E-state index is 12.9. The zero-order valence-corrected chi connectivity index (χ0v) is 26.6. The van der Waals surface area contributed by atoms with Gasteiger partial charge in [0.1, 0.15) is 6.04 Å². The topological polar surface area (TPSA) is 110 Å². The molecule has 42 heavy (non-hydrogen) atoms. The summed E-state index contributed by atoms with van der Waals surface area (Å²) in [6, 6.07) is 17.9. The summed E-state index contributed by atoms with van der Waals surface area (Å²) in [5.74, 6) is 0.982. The number of hydrogen-bond acceptors (Lipinski definition) is 6. The second kappa shape index (κ2) is 17.7. The summed E-state index contributed by atoms with van der Waals surface area (Å²) in [5, 5.41) is 9.55. The molecule has 2 aromatic rings. The van der Waals surface area contributed by atoms with Crippen LogP contribution in [0.15, 0.2) is 65.6 Å². The second-order valence-corrected chi connectivity index (χ2v) is 14.2. The summed E-state index contributed by atoms with van der Waals surface area (Å²) < 4.78 is 0. The molecular formula is C34H48N2O4S2. The van der Waals surface area contributed by atoms with E-state index in [1.54, 1.807) is 68.6 Å². The van der Waals surface area contributed by atoms with Crippen LogP contribution in [0.1, 0.15) is 87.9 Å². The van der Waals surface area contributed by atoms with Gasteiger partial charge in [0, 0.05) is 33.9 Å². The lowest BCUT2D eigenvalue weighted by Gasteiger charge is -2.32. The number of thioether (sulfide) groups is 2. The molecular weight excluding hydrogens is 565 g/mol. The van der Waals surface area contributed by atoms with E-state index in [2.05, 4.69) is 0 Å². The van der Waals surface area contributed by atoms with E-state index in [-0.39, 0.29) is 22.4 Å². The molecule has 3 atom stereocenters. The molecule has 0 radical (unpaired) electrons. The van der Waals surface area contributed by atoms with Crippen LogP contribution in [-0.4, -0.2) is 50.6 Å². The van der Waals surface area contributed by atoms with E-state index < -0.39 is 17.9 Å². The van der Waals surface area contributed by atoms with Crippen molar-refractivity contribution >= 4 is 40.5 Å². The molecule has 1 heterocycles. The molecule has 3 aliphatic rings. The first kappa shape index (κ1) is 34.2. The molecule has 3 fully saturated rings. The Morgan fingerprint density at radius 3 is 1.88 bits per heavy atom. The van der Waals surface area contributed by atoms with Gasteiger partial charge >= 0.3 is 5.97 Å². The van der Waals surface area contributed by atoms with Crippen LogP contribution in [0.5, 0.6) is 0 Å². The van der Waals surface area contributed by atoms with Crippen LogP contribution in [-0.2, 0) is 9.59 Å². The summed E-state index contributed by atoms with van der Waals surface area (Å²) in [6.45, 7) is 2.15. The van der Waals surface area contributed by atoms with E-state index in [4.69, 9.17) is 0 Å². The number of benzene rings is 2. The van der Waals surface area contributed by atoms with Crippen molar-refractivity contribution < 1.29 is 19.5 Å². The van der Waals surface area contributed by atoms with Crippen molar-refractivity contribution in [1.82, 2.24) is 11.1 Å². The lowest BCUT2D eigenvalue weighted by atomic mass is 9.73. The minimum atomic E-state index is -0.977. The molecule has 6 nitrogen and oxygen atoms in total. The van der Waals surface area contributed by atoms with E-state index in [1.165, 1.54) is 43.4 Å². The maximum Gasteiger partial charge on any atom is 0.326 e. The lowest BCUT2D eigenvalue weighted by molar-refractivity contribution is -0.149. The Morgan fingerprint density at radius 2 is 1.36 bits per heavy atom. The minimum Gasteiger partial charge on any atom is -0.480 e. The third-order valence-corrected chi connectivity index (χ3v) is 11.1. The highest BCUT2D eigenvalue weighted by molar-refractivity contribution is 8.14. The molecule has 8 heteroatoms. The highest BCUT2D eigenvalue weighted by atomic mass is 32.2. The third-order valence-electron chi connectivity index (χ3n) is 8.74. The highest BCUT2D eigenvalue weighted by Gasteiger charge is 2.41. The van der Waals surface area contributed by atoms with Crippen LogP contribution in [0, 0.1) is 17.8 Å². The van der Waals surface area contributed by atoms with Crippen molar-refractivity contribution in [3.05, 3.63) is 66.2 Å². The van der Waals surface area contributed by atoms with Gasteiger partial charge in [0.25, 0.3) is 0 Å². The molecule has 0 spiro atoms. The van der Waals surface area contributed by atoms with Crippen LogP contribution in [0.3, 0.4) is 0 Å². The van der Waals surface area contributed by atoms with E-state index in [1.807, 2.05) is 36.4 Å². The summed E-state index contributed by atoms with van der Waals surface area (Å²) in [6.07, 6.45) is 15.8.